The summed E-state index contributed by atoms with van der Waals surface area (Å²) < 4.78 is 0. The van der Waals surface area contributed by atoms with Crippen LogP contribution >= 0.6 is 0 Å². The molecule has 0 amide bonds. The minimum absolute atomic E-state index is 0.0949. The highest BCUT2D eigenvalue weighted by Crippen LogP contribution is 2.30. The van der Waals surface area contributed by atoms with Crippen molar-refractivity contribution >= 4 is 17.1 Å². The molecule has 0 unspecified atom stereocenters. The number of anilines is 3. The highest BCUT2D eigenvalue weighted by molar-refractivity contribution is 5.72. The molecule has 1 aromatic carbocycles. The van der Waals surface area contributed by atoms with E-state index in [2.05, 4.69) is 0 Å². The molecule has 0 saturated carbocycles. The molecule has 0 heterocycles. The molecule has 4 nitrogen and oxygen atoms in total. The fraction of sp³-hybridized carbons (Fsp3) is 0. The Balaban J connectivity index is 3.31. The lowest BCUT2D eigenvalue weighted by Crippen LogP contribution is -1.94. The quantitative estimate of drug-likeness (QED) is 0.457. The average molecular weight is 138 g/mol. The van der Waals surface area contributed by atoms with Gasteiger partial charge in [0.25, 0.3) is 0 Å². The van der Waals surface area contributed by atoms with Crippen LogP contribution in [0.15, 0.2) is 12.1 Å². The highest BCUT2D eigenvalue weighted by Gasteiger charge is 2.03. The molecule has 0 aliphatic carbocycles. The van der Waals surface area contributed by atoms with Gasteiger partial charge in [-0.3, -0.25) is 5.11 Å². The highest BCUT2D eigenvalue weighted by atomic mass is 16.3. The minimum atomic E-state index is -0.353. The molecule has 0 aliphatic rings. The number of rotatable bonds is 0. The maximum atomic E-state index is 10.8. The molecule has 1 aromatic rings. The summed E-state index contributed by atoms with van der Waals surface area (Å²) in [5.74, 6) is -0.353. The first-order valence-corrected chi connectivity index (χ1v) is 2.72. The molecule has 0 bridgehead atoms. The van der Waals surface area contributed by atoms with Crippen molar-refractivity contribution in [1.29, 1.82) is 0 Å². The number of hydrogen-bond acceptors (Lipinski definition) is 3. The van der Waals surface area contributed by atoms with Crippen LogP contribution in [0.2, 0.25) is 0 Å². The maximum absolute atomic E-state index is 10.8. The number of nitrogen functional groups attached to an aromatic ring is 3. The van der Waals surface area contributed by atoms with Crippen LogP contribution in [-0.2, 0) is 5.11 Å². The van der Waals surface area contributed by atoms with Gasteiger partial charge in [-0.2, -0.15) is 0 Å². The van der Waals surface area contributed by atoms with Gasteiger partial charge in [0, 0.05) is 5.69 Å². The second-order valence-corrected chi connectivity index (χ2v) is 2.03. The van der Waals surface area contributed by atoms with Crippen LogP contribution in [0.1, 0.15) is 0 Å². The monoisotopic (exact) mass is 138 g/mol. The molecule has 10 heavy (non-hydrogen) atoms. The minimum Gasteiger partial charge on any atom is -0.399 e. The Bertz CT molecular complexity index is 236. The van der Waals surface area contributed by atoms with Crippen LogP contribution < -0.4 is 17.2 Å². The van der Waals surface area contributed by atoms with Gasteiger partial charge in [-0.25, -0.2) is 0 Å². The van der Waals surface area contributed by atoms with Crippen molar-refractivity contribution in [3.05, 3.63) is 12.1 Å². The summed E-state index contributed by atoms with van der Waals surface area (Å²) in [6, 6.07) is 2.78. The van der Waals surface area contributed by atoms with Gasteiger partial charge in [-0.05, 0) is 12.1 Å². The first kappa shape index (κ1) is 6.54. The molecular formula is C6H8N3O. The van der Waals surface area contributed by atoms with Crippen molar-refractivity contribution in [2.24, 2.45) is 0 Å². The number of nitrogens with two attached hydrogens (primary N) is 3. The Hall–Kier alpha value is -1.58. The third-order valence-corrected chi connectivity index (χ3v) is 1.17. The van der Waals surface area contributed by atoms with Gasteiger partial charge in [-0.15, -0.1) is 0 Å². The van der Waals surface area contributed by atoms with E-state index in [4.69, 9.17) is 17.2 Å². The molecule has 0 aliphatic heterocycles. The predicted molar refractivity (Wildman–Crippen MR) is 39.8 cm³/mol. The summed E-state index contributed by atoms with van der Waals surface area (Å²) >= 11 is 0. The first-order valence-electron chi connectivity index (χ1n) is 2.72. The van der Waals surface area contributed by atoms with E-state index in [-0.39, 0.29) is 17.1 Å². The number of hydrogen-bond donors (Lipinski definition) is 3. The van der Waals surface area contributed by atoms with Crippen LogP contribution in [0.25, 0.3) is 0 Å². The SMILES string of the molecule is Nc1cc(N)c([O])c(N)c1. The third-order valence-electron chi connectivity index (χ3n) is 1.17. The average Bonchev–Trinajstić information content (AvgIpc) is 1.82. The van der Waals surface area contributed by atoms with Crippen molar-refractivity contribution in [2.75, 3.05) is 17.2 Å². The van der Waals surface area contributed by atoms with Gasteiger partial charge < -0.3 is 17.2 Å². The van der Waals surface area contributed by atoms with Crippen LogP contribution in [0.3, 0.4) is 0 Å². The number of benzene rings is 1. The van der Waals surface area contributed by atoms with Crippen LogP contribution in [0, 0.1) is 0 Å². The second-order valence-electron chi connectivity index (χ2n) is 2.03. The van der Waals surface area contributed by atoms with Gasteiger partial charge in [0.05, 0.1) is 11.4 Å². The van der Waals surface area contributed by atoms with Gasteiger partial charge in [0.15, 0.2) is 0 Å². The van der Waals surface area contributed by atoms with E-state index in [1.165, 1.54) is 12.1 Å². The molecular weight excluding hydrogens is 130 g/mol. The molecule has 6 N–H and O–H groups in total. The first-order chi connectivity index (χ1) is 4.61. The van der Waals surface area contributed by atoms with Crippen LogP contribution in [0.4, 0.5) is 17.1 Å². The largest absolute Gasteiger partial charge is 0.399 e. The Morgan fingerprint density at radius 1 is 1.00 bits per heavy atom. The van der Waals surface area contributed by atoms with Crippen molar-refractivity contribution < 1.29 is 5.11 Å². The molecule has 0 fully saturated rings. The normalized spacial score (nSPS) is 9.60. The Morgan fingerprint density at radius 3 is 1.80 bits per heavy atom. The second kappa shape index (κ2) is 1.98. The van der Waals surface area contributed by atoms with E-state index in [0.29, 0.717) is 5.69 Å². The molecule has 4 heteroatoms. The van der Waals surface area contributed by atoms with Crippen molar-refractivity contribution in [3.63, 3.8) is 0 Å². The molecule has 0 atom stereocenters. The lowest BCUT2D eigenvalue weighted by molar-refractivity contribution is 0.359. The lowest BCUT2D eigenvalue weighted by atomic mass is 10.2. The topological polar surface area (TPSA) is 98.0 Å². The van der Waals surface area contributed by atoms with Gasteiger partial charge >= 0.3 is 0 Å². The molecule has 1 radical (unpaired) electrons. The summed E-state index contributed by atoms with van der Waals surface area (Å²) in [6.45, 7) is 0. The van der Waals surface area contributed by atoms with E-state index >= 15 is 0 Å². The Kier molecular flexibility index (Phi) is 1.30. The smallest absolute Gasteiger partial charge is 0.224 e. The van der Waals surface area contributed by atoms with Crippen LogP contribution in [-0.4, -0.2) is 0 Å². The van der Waals surface area contributed by atoms with E-state index in [1.54, 1.807) is 0 Å². The van der Waals surface area contributed by atoms with Gasteiger partial charge in [0.1, 0.15) is 0 Å². The van der Waals surface area contributed by atoms with E-state index in [9.17, 15) is 5.11 Å². The fourth-order valence-corrected chi connectivity index (χ4v) is 0.699. The predicted octanol–water partition coefficient (Wildman–Crippen LogP) is 0.577. The van der Waals surface area contributed by atoms with Crippen LogP contribution in [0.5, 0.6) is 5.75 Å². The summed E-state index contributed by atoms with van der Waals surface area (Å²) in [7, 11) is 0. The molecule has 0 aromatic heterocycles. The summed E-state index contributed by atoms with van der Waals surface area (Å²) in [5.41, 5.74) is 16.4. The van der Waals surface area contributed by atoms with Crippen molar-refractivity contribution in [1.82, 2.24) is 0 Å². The molecule has 1 rings (SSSR count). The standard InChI is InChI=1S/C6H8N3O/c7-3-1-4(8)6(10)5(9)2-3/h1-2H,7-9H2. The zero-order valence-corrected chi connectivity index (χ0v) is 5.29. The lowest BCUT2D eigenvalue weighted by Gasteiger charge is -2.00. The van der Waals surface area contributed by atoms with Gasteiger partial charge in [0.2, 0.25) is 5.75 Å². The fourth-order valence-electron chi connectivity index (χ4n) is 0.699. The molecule has 0 spiro atoms. The zero-order valence-electron chi connectivity index (χ0n) is 5.29. The third kappa shape index (κ3) is 0.907. The molecule has 0 saturated heterocycles. The van der Waals surface area contributed by atoms with E-state index in [1.807, 2.05) is 0 Å². The molecule has 53 valence electrons. The van der Waals surface area contributed by atoms with Crippen molar-refractivity contribution in [2.45, 2.75) is 0 Å². The summed E-state index contributed by atoms with van der Waals surface area (Å²) in [5, 5.41) is 10.8. The Labute approximate surface area is 58.2 Å². The summed E-state index contributed by atoms with van der Waals surface area (Å²) in [4.78, 5) is 0. The zero-order chi connectivity index (χ0) is 7.72. The van der Waals surface area contributed by atoms with Crippen molar-refractivity contribution in [3.8, 4) is 5.75 Å². The summed E-state index contributed by atoms with van der Waals surface area (Å²) in [6.07, 6.45) is 0. The Morgan fingerprint density at radius 2 is 1.40 bits per heavy atom. The van der Waals surface area contributed by atoms with E-state index in [0.717, 1.165) is 0 Å². The van der Waals surface area contributed by atoms with E-state index < -0.39 is 0 Å². The maximum Gasteiger partial charge on any atom is 0.224 e. The van der Waals surface area contributed by atoms with Gasteiger partial charge in [-0.1, -0.05) is 0 Å².